The fourth-order valence-corrected chi connectivity index (χ4v) is 3.04. The first-order valence-electron chi connectivity index (χ1n) is 11.9. The number of esters is 2. The molecule has 5 heteroatoms. The first-order chi connectivity index (χ1) is 14.1. The molecule has 0 aromatic heterocycles. The van der Waals surface area contributed by atoms with Crippen molar-refractivity contribution >= 4 is 11.9 Å². The first kappa shape index (κ1) is 27.9. The van der Waals surface area contributed by atoms with Crippen LogP contribution in [0, 0.1) is 5.92 Å². The van der Waals surface area contributed by atoms with Crippen LogP contribution >= 0.6 is 0 Å². The molecule has 0 heterocycles. The largest absolute Gasteiger partial charge is 0.464 e. The maximum Gasteiger partial charge on any atom is 0.332 e. The van der Waals surface area contributed by atoms with Crippen molar-refractivity contribution in [1.29, 1.82) is 0 Å². The van der Waals surface area contributed by atoms with Crippen LogP contribution in [0.2, 0.25) is 0 Å². The average molecular weight is 415 g/mol. The molecule has 29 heavy (non-hydrogen) atoms. The van der Waals surface area contributed by atoms with Crippen LogP contribution in [0.4, 0.5) is 0 Å². The molecular formula is C24H46O5. The van der Waals surface area contributed by atoms with Gasteiger partial charge in [0, 0.05) is 0 Å². The van der Waals surface area contributed by atoms with Gasteiger partial charge in [-0.1, -0.05) is 104 Å². The Kier molecular flexibility index (Phi) is 20.8. The summed E-state index contributed by atoms with van der Waals surface area (Å²) in [5, 5.41) is 0. The smallest absolute Gasteiger partial charge is 0.332 e. The van der Waals surface area contributed by atoms with Crippen molar-refractivity contribution < 1.29 is 23.8 Å². The lowest BCUT2D eigenvalue weighted by molar-refractivity contribution is -0.156. The van der Waals surface area contributed by atoms with E-state index in [0.717, 1.165) is 12.8 Å². The van der Waals surface area contributed by atoms with Crippen LogP contribution in [0.25, 0.3) is 0 Å². The third-order valence-corrected chi connectivity index (χ3v) is 4.78. The summed E-state index contributed by atoms with van der Waals surface area (Å²) in [6, 6.07) is 0. The lowest BCUT2D eigenvalue weighted by Gasteiger charge is -2.08. The Labute approximate surface area is 179 Å². The minimum Gasteiger partial charge on any atom is -0.464 e. The van der Waals surface area contributed by atoms with Crippen molar-refractivity contribution in [3.05, 3.63) is 0 Å². The number of carbonyl (C=O) groups excluding carboxylic acids is 2. The van der Waals surface area contributed by atoms with E-state index < -0.39 is 11.9 Å². The van der Waals surface area contributed by atoms with E-state index in [1.54, 1.807) is 0 Å². The minimum absolute atomic E-state index is 0.199. The maximum atomic E-state index is 11.5. The molecule has 172 valence electrons. The van der Waals surface area contributed by atoms with Crippen molar-refractivity contribution in [2.24, 2.45) is 5.92 Å². The van der Waals surface area contributed by atoms with Crippen molar-refractivity contribution in [3.63, 3.8) is 0 Å². The van der Waals surface area contributed by atoms with Gasteiger partial charge in [0.05, 0.1) is 13.2 Å². The molecule has 0 unspecified atom stereocenters. The summed E-state index contributed by atoms with van der Waals surface area (Å²) in [6.45, 7) is 6.57. The van der Waals surface area contributed by atoms with Crippen molar-refractivity contribution in [3.8, 4) is 0 Å². The molecule has 0 aromatic rings. The summed E-state index contributed by atoms with van der Waals surface area (Å²) >= 11 is 0. The molecule has 0 fully saturated rings. The Morgan fingerprint density at radius 1 is 0.621 bits per heavy atom. The lowest BCUT2D eigenvalue weighted by Crippen LogP contribution is -2.20. The Morgan fingerprint density at radius 3 is 1.48 bits per heavy atom. The van der Waals surface area contributed by atoms with Gasteiger partial charge < -0.3 is 14.2 Å². The monoisotopic (exact) mass is 414 g/mol. The summed E-state index contributed by atoms with van der Waals surface area (Å²) < 4.78 is 15.1. The molecule has 0 bridgehead atoms. The van der Waals surface area contributed by atoms with Gasteiger partial charge in [-0.3, -0.25) is 0 Å². The molecule has 0 aromatic carbocycles. The highest BCUT2D eigenvalue weighted by Gasteiger charge is 2.08. The van der Waals surface area contributed by atoms with Crippen molar-refractivity contribution in [2.75, 3.05) is 26.4 Å². The third-order valence-electron chi connectivity index (χ3n) is 4.78. The second kappa shape index (κ2) is 21.6. The molecule has 0 radical (unpaired) electrons. The number of carbonyl (C=O) groups is 2. The minimum atomic E-state index is -0.446. The van der Waals surface area contributed by atoms with E-state index in [1.165, 1.54) is 77.0 Å². The van der Waals surface area contributed by atoms with Gasteiger partial charge in [-0.15, -0.1) is 0 Å². The second-order valence-corrected chi connectivity index (χ2v) is 8.39. The molecule has 0 atom stereocenters. The van der Waals surface area contributed by atoms with Crippen LogP contribution in [-0.4, -0.2) is 38.4 Å². The van der Waals surface area contributed by atoms with Crippen LogP contribution < -0.4 is 0 Å². The quantitative estimate of drug-likeness (QED) is 0.165. The normalized spacial score (nSPS) is 11.0. The zero-order chi connectivity index (χ0) is 21.6. The highest BCUT2D eigenvalue weighted by atomic mass is 16.6. The van der Waals surface area contributed by atoms with Gasteiger partial charge in [0.15, 0.2) is 0 Å². The average Bonchev–Trinajstić information content (AvgIpc) is 2.69. The molecule has 0 aliphatic heterocycles. The Hall–Kier alpha value is -1.10. The van der Waals surface area contributed by atoms with Crippen LogP contribution in [0.15, 0.2) is 0 Å². The predicted octanol–water partition coefficient (Wildman–Crippen LogP) is 6.23. The molecule has 0 aliphatic carbocycles. The summed E-state index contributed by atoms with van der Waals surface area (Å²) in [5.74, 6) is -0.580. The van der Waals surface area contributed by atoms with Gasteiger partial charge in [0.25, 0.3) is 0 Å². The fraction of sp³-hybridized carbons (Fsp3) is 0.917. The standard InChI is InChI=1S/C24H46O5/c1-4-5-6-7-8-9-10-11-12-13-14-15-16-17-18-28-23(25)20-27-21-24(26)29-19-22(2)3/h22H,4-21H2,1-3H3. The van der Waals surface area contributed by atoms with E-state index in [2.05, 4.69) is 6.92 Å². The summed E-state index contributed by atoms with van der Waals surface area (Å²) in [7, 11) is 0. The third kappa shape index (κ3) is 23.0. The summed E-state index contributed by atoms with van der Waals surface area (Å²) in [5.41, 5.74) is 0. The van der Waals surface area contributed by atoms with E-state index in [-0.39, 0.29) is 19.1 Å². The maximum absolute atomic E-state index is 11.5. The summed E-state index contributed by atoms with van der Waals surface area (Å²) in [4.78, 5) is 22.9. The lowest BCUT2D eigenvalue weighted by atomic mass is 10.0. The molecule has 0 aliphatic rings. The van der Waals surface area contributed by atoms with Crippen LogP contribution in [0.1, 0.15) is 111 Å². The van der Waals surface area contributed by atoms with E-state index in [0.29, 0.717) is 13.2 Å². The first-order valence-corrected chi connectivity index (χ1v) is 11.9. The second-order valence-electron chi connectivity index (χ2n) is 8.39. The van der Waals surface area contributed by atoms with E-state index >= 15 is 0 Å². The van der Waals surface area contributed by atoms with E-state index in [4.69, 9.17) is 14.2 Å². The number of hydrogen-bond donors (Lipinski definition) is 0. The van der Waals surface area contributed by atoms with E-state index in [9.17, 15) is 9.59 Å². The van der Waals surface area contributed by atoms with Crippen LogP contribution in [-0.2, 0) is 23.8 Å². The Morgan fingerprint density at radius 2 is 1.03 bits per heavy atom. The molecule has 0 N–H and O–H groups in total. The Bertz CT molecular complexity index is 381. The topological polar surface area (TPSA) is 61.8 Å². The number of rotatable bonds is 21. The molecule has 0 saturated heterocycles. The zero-order valence-corrected chi connectivity index (χ0v) is 19.3. The zero-order valence-electron chi connectivity index (χ0n) is 19.3. The molecule has 0 amide bonds. The van der Waals surface area contributed by atoms with Crippen LogP contribution in [0.5, 0.6) is 0 Å². The van der Waals surface area contributed by atoms with Crippen molar-refractivity contribution in [2.45, 2.75) is 111 Å². The molecule has 0 saturated carbocycles. The van der Waals surface area contributed by atoms with Crippen molar-refractivity contribution in [1.82, 2.24) is 0 Å². The highest BCUT2D eigenvalue weighted by molar-refractivity contribution is 5.73. The SMILES string of the molecule is CCCCCCCCCCCCCCCCOC(=O)COCC(=O)OCC(C)C. The molecule has 5 nitrogen and oxygen atoms in total. The molecule has 0 spiro atoms. The number of hydrogen-bond acceptors (Lipinski definition) is 5. The van der Waals surface area contributed by atoms with Crippen LogP contribution in [0.3, 0.4) is 0 Å². The molecule has 0 rings (SSSR count). The number of unbranched alkanes of at least 4 members (excludes halogenated alkanes) is 13. The fourth-order valence-electron chi connectivity index (χ4n) is 3.04. The van der Waals surface area contributed by atoms with E-state index in [1.807, 2.05) is 13.8 Å². The predicted molar refractivity (Wildman–Crippen MR) is 118 cm³/mol. The van der Waals surface area contributed by atoms with Gasteiger partial charge in [0.2, 0.25) is 0 Å². The van der Waals surface area contributed by atoms with Gasteiger partial charge in [0.1, 0.15) is 13.2 Å². The van der Waals surface area contributed by atoms with Gasteiger partial charge in [-0.05, 0) is 12.3 Å². The van der Waals surface area contributed by atoms with Gasteiger partial charge in [-0.2, -0.15) is 0 Å². The molecular weight excluding hydrogens is 368 g/mol. The summed E-state index contributed by atoms with van der Waals surface area (Å²) in [6.07, 6.45) is 18.2. The van der Waals surface area contributed by atoms with Gasteiger partial charge >= 0.3 is 11.9 Å². The highest BCUT2D eigenvalue weighted by Crippen LogP contribution is 2.12. The number of ether oxygens (including phenoxy) is 3. The Balaban J connectivity index is 3.24. The van der Waals surface area contributed by atoms with Gasteiger partial charge in [-0.25, -0.2) is 9.59 Å².